The average Bonchev–Trinajstić information content (AvgIpc) is 2.57. The molecule has 0 fully saturated rings. The van der Waals surface area contributed by atoms with E-state index >= 15 is 0 Å². The summed E-state index contributed by atoms with van der Waals surface area (Å²) in [5.41, 5.74) is -1.58. The van der Waals surface area contributed by atoms with Crippen molar-refractivity contribution in [2.75, 3.05) is 19.0 Å². The average molecular weight is 440 g/mol. The third-order valence-electron chi connectivity index (χ3n) is 3.22. The zero-order chi connectivity index (χ0) is 19.4. The van der Waals surface area contributed by atoms with Crippen LogP contribution in [0, 0.1) is 20.2 Å². The third-order valence-corrected chi connectivity index (χ3v) is 5.59. The van der Waals surface area contributed by atoms with Gasteiger partial charge in [0, 0.05) is 17.9 Å². The molecule has 0 saturated heterocycles. The molecule has 0 radical (unpaired) electrons. The van der Waals surface area contributed by atoms with E-state index < -0.39 is 48.2 Å². The van der Waals surface area contributed by atoms with Crippen LogP contribution in [0.25, 0.3) is 0 Å². The largest absolute Gasteiger partial charge is 0.468 e. The highest BCUT2D eigenvalue weighted by Crippen LogP contribution is 2.31. The summed E-state index contributed by atoms with van der Waals surface area (Å²) in [6.07, 6.45) is 0. The number of carbonyl (C=O) groups excluding carboxylic acids is 1. The lowest BCUT2D eigenvalue weighted by Gasteiger charge is -2.25. The van der Waals surface area contributed by atoms with Crippen LogP contribution in [0.3, 0.4) is 0 Å². The highest BCUT2D eigenvalue weighted by Gasteiger charge is 2.38. The van der Waals surface area contributed by atoms with Crippen molar-refractivity contribution in [2.24, 2.45) is 0 Å². The number of nitrogens with zero attached hydrogens (tertiary/aromatic N) is 3. The zero-order valence-corrected chi connectivity index (χ0v) is 15.5. The fraction of sp³-hybridized carbons (Fsp3) is 0.417. The lowest BCUT2D eigenvalue weighted by molar-refractivity contribution is -0.396. The van der Waals surface area contributed by atoms with Crippen LogP contribution in [0.4, 0.5) is 11.4 Å². The number of methoxy groups -OCH3 is 1. The van der Waals surface area contributed by atoms with Crippen LogP contribution in [0.2, 0.25) is 0 Å². The molecule has 1 aromatic rings. The molecule has 1 atom stereocenters. The van der Waals surface area contributed by atoms with Gasteiger partial charge in [-0.25, -0.2) is 8.42 Å². The van der Waals surface area contributed by atoms with Crippen molar-refractivity contribution in [2.45, 2.75) is 17.9 Å². The molecule has 11 nitrogen and oxygen atoms in total. The number of nitro benzene ring substituents is 2. The van der Waals surface area contributed by atoms with Crippen LogP contribution < -0.4 is 0 Å². The van der Waals surface area contributed by atoms with Gasteiger partial charge in [-0.1, -0.05) is 15.9 Å². The van der Waals surface area contributed by atoms with E-state index in [0.717, 1.165) is 23.5 Å². The van der Waals surface area contributed by atoms with Gasteiger partial charge in [-0.15, -0.1) is 0 Å². The second-order valence-electron chi connectivity index (χ2n) is 4.67. The second-order valence-corrected chi connectivity index (χ2v) is 7.32. The summed E-state index contributed by atoms with van der Waals surface area (Å²) in [4.78, 5) is 31.0. The number of hydrogen-bond acceptors (Lipinski definition) is 8. The highest BCUT2D eigenvalue weighted by molar-refractivity contribution is 9.09. The molecular weight excluding hydrogens is 426 g/mol. The molecule has 0 heterocycles. The molecule has 0 saturated carbocycles. The Morgan fingerprint density at radius 2 is 1.92 bits per heavy atom. The van der Waals surface area contributed by atoms with Crippen molar-refractivity contribution in [3.05, 3.63) is 38.4 Å². The van der Waals surface area contributed by atoms with E-state index in [2.05, 4.69) is 20.7 Å². The number of sulfonamides is 1. The highest BCUT2D eigenvalue weighted by atomic mass is 79.9. The summed E-state index contributed by atoms with van der Waals surface area (Å²) in [6, 6.07) is 0.927. The van der Waals surface area contributed by atoms with E-state index in [-0.39, 0.29) is 11.9 Å². The van der Waals surface area contributed by atoms with E-state index in [4.69, 9.17) is 0 Å². The number of alkyl halides is 1. The first-order chi connectivity index (χ1) is 11.6. The first kappa shape index (κ1) is 20.9. The Balaban J connectivity index is 3.56. The smallest absolute Gasteiger partial charge is 0.323 e. The van der Waals surface area contributed by atoms with Gasteiger partial charge >= 0.3 is 5.97 Å². The fourth-order valence-corrected chi connectivity index (χ4v) is 4.34. The van der Waals surface area contributed by atoms with Crippen LogP contribution in [-0.2, 0) is 19.6 Å². The summed E-state index contributed by atoms with van der Waals surface area (Å²) >= 11 is 3.05. The van der Waals surface area contributed by atoms with Crippen molar-refractivity contribution in [1.82, 2.24) is 4.31 Å². The van der Waals surface area contributed by atoms with Crippen LogP contribution in [-0.4, -0.2) is 53.6 Å². The molecule has 0 spiro atoms. The molecule has 13 heteroatoms. The van der Waals surface area contributed by atoms with Crippen molar-refractivity contribution >= 4 is 43.3 Å². The Labute approximate surface area is 151 Å². The van der Waals surface area contributed by atoms with E-state index in [1.165, 1.54) is 6.92 Å². The second kappa shape index (κ2) is 8.31. The van der Waals surface area contributed by atoms with Gasteiger partial charge in [0.1, 0.15) is 6.04 Å². The number of halogens is 1. The molecule has 0 aliphatic heterocycles. The molecule has 138 valence electrons. The lowest BCUT2D eigenvalue weighted by Crippen LogP contribution is -2.44. The van der Waals surface area contributed by atoms with Gasteiger partial charge in [0.25, 0.3) is 21.4 Å². The number of esters is 1. The molecule has 0 amide bonds. The van der Waals surface area contributed by atoms with E-state index in [9.17, 15) is 33.4 Å². The summed E-state index contributed by atoms with van der Waals surface area (Å²) in [6.45, 7) is 1.09. The topological polar surface area (TPSA) is 150 Å². The molecule has 25 heavy (non-hydrogen) atoms. The van der Waals surface area contributed by atoms with Gasteiger partial charge in [0.15, 0.2) is 4.90 Å². The van der Waals surface area contributed by atoms with Gasteiger partial charge in [0.05, 0.1) is 23.0 Å². The predicted molar refractivity (Wildman–Crippen MR) is 88.9 cm³/mol. The maximum absolute atomic E-state index is 12.8. The molecule has 0 unspecified atom stereocenters. The lowest BCUT2D eigenvalue weighted by atomic mass is 10.3. The molecule has 1 rings (SSSR count). The molecule has 0 N–H and O–H groups in total. The van der Waals surface area contributed by atoms with Crippen LogP contribution in [0.5, 0.6) is 0 Å². The molecule has 0 aliphatic carbocycles. The third kappa shape index (κ3) is 4.49. The molecule has 0 aromatic heterocycles. The molecular formula is C12H14BrN3O8S. The van der Waals surface area contributed by atoms with Crippen molar-refractivity contribution in [3.63, 3.8) is 0 Å². The molecule has 0 bridgehead atoms. The molecule has 0 aliphatic rings. The van der Waals surface area contributed by atoms with Crippen LogP contribution in [0.15, 0.2) is 23.1 Å². The van der Waals surface area contributed by atoms with Gasteiger partial charge in [0.2, 0.25) is 0 Å². The number of benzene rings is 1. The number of hydrogen-bond donors (Lipinski definition) is 0. The summed E-state index contributed by atoms with van der Waals surface area (Å²) in [7, 11) is -3.42. The number of ether oxygens (including phenoxy) is 1. The van der Waals surface area contributed by atoms with Crippen LogP contribution in [0.1, 0.15) is 6.92 Å². The minimum absolute atomic E-state index is 0.147. The van der Waals surface area contributed by atoms with Crippen LogP contribution >= 0.6 is 15.9 Å². The van der Waals surface area contributed by atoms with E-state index in [1.54, 1.807) is 0 Å². The molecule has 1 aromatic carbocycles. The van der Waals surface area contributed by atoms with Crippen molar-refractivity contribution in [1.29, 1.82) is 0 Å². The van der Waals surface area contributed by atoms with E-state index in [0.29, 0.717) is 6.07 Å². The zero-order valence-electron chi connectivity index (χ0n) is 13.1. The fourth-order valence-electron chi connectivity index (χ4n) is 2.00. The maximum atomic E-state index is 12.8. The first-order valence-electron chi connectivity index (χ1n) is 6.66. The van der Waals surface area contributed by atoms with Gasteiger partial charge in [-0.2, -0.15) is 4.31 Å². The standard InChI is InChI=1S/C12H14BrN3O8S/c1-8(12(17)24-2)14(6-5-13)25(22,23)11-4-3-9(15(18)19)7-10(11)16(20)21/h3-4,7-8H,5-6H2,1-2H3/t8-/m1/s1. The SMILES string of the molecule is COC(=O)[C@@H](C)N(CCBr)S(=O)(=O)c1ccc([N+](=O)[O-])cc1[N+](=O)[O-]. The normalized spacial score (nSPS) is 12.6. The maximum Gasteiger partial charge on any atom is 0.323 e. The minimum Gasteiger partial charge on any atom is -0.468 e. The van der Waals surface area contributed by atoms with Gasteiger partial charge in [-0.3, -0.25) is 25.0 Å². The van der Waals surface area contributed by atoms with Crippen molar-refractivity contribution in [3.8, 4) is 0 Å². The summed E-state index contributed by atoms with van der Waals surface area (Å²) in [5.74, 6) is -0.853. The predicted octanol–water partition coefficient (Wildman–Crippen LogP) is 1.45. The van der Waals surface area contributed by atoms with Gasteiger partial charge < -0.3 is 4.74 Å². The summed E-state index contributed by atoms with van der Waals surface area (Å²) < 4.78 is 30.9. The Kier molecular flexibility index (Phi) is 6.96. The quantitative estimate of drug-likeness (QED) is 0.255. The first-order valence-corrected chi connectivity index (χ1v) is 9.22. The Morgan fingerprint density at radius 3 is 2.36 bits per heavy atom. The Hall–Kier alpha value is -2.12. The number of rotatable bonds is 8. The van der Waals surface area contributed by atoms with Gasteiger partial charge in [-0.05, 0) is 13.0 Å². The van der Waals surface area contributed by atoms with Crippen molar-refractivity contribution < 1.29 is 27.8 Å². The number of nitro groups is 2. The number of non-ortho nitro benzene ring substituents is 1. The summed E-state index contributed by atoms with van der Waals surface area (Å²) in [5, 5.41) is 22.1. The Bertz CT molecular complexity index is 798. The minimum atomic E-state index is -4.50. The Morgan fingerprint density at radius 1 is 1.32 bits per heavy atom. The number of carbonyl (C=O) groups is 1. The monoisotopic (exact) mass is 439 g/mol. The van der Waals surface area contributed by atoms with E-state index in [1.807, 2.05) is 0 Å².